The summed E-state index contributed by atoms with van der Waals surface area (Å²) in [4.78, 5) is 5.09. The van der Waals surface area contributed by atoms with E-state index in [2.05, 4.69) is 30.7 Å². The zero-order valence-corrected chi connectivity index (χ0v) is 9.42. The molecule has 0 aromatic rings. The van der Waals surface area contributed by atoms with Gasteiger partial charge in [0.25, 0.3) is 0 Å². The van der Waals surface area contributed by atoms with Crippen LogP contribution in [0.1, 0.15) is 40.5 Å². The van der Waals surface area contributed by atoms with Crippen molar-refractivity contribution in [1.82, 2.24) is 9.80 Å². The van der Waals surface area contributed by atoms with Gasteiger partial charge in [-0.15, -0.1) is 0 Å². The van der Waals surface area contributed by atoms with Crippen molar-refractivity contribution in [3.63, 3.8) is 0 Å². The first-order valence-corrected chi connectivity index (χ1v) is 5.70. The molecule has 1 heterocycles. The van der Waals surface area contributed by atoms with E-state index in [-0.39, 0.29) is 7.43 Å². The number of hydrogen-bond donors (Lipinski definition) is 0. The summed E-state index contributed by atoms with van der Waals surface area (Å²) in [6, 6.07) is 0.862. The van der Waals surface area contributed by atoms with Crippen LogP contribution in [0.15, 0.2) is 0 Å². The molecule has 0 aliphatic carbocycles. The van der Waals surface area contributed by atoms with Gasteiger partial charge in [0.1, 0.15) is 0 Å². The molecule has 14 heavy (non-hydrogen) atoms. The third-order valence-electron chi connectivity index (χ3n) is 3.12. The van der Waals surface area contributed by atoms with Crippen molar-refractivity contribution >= 4 is 0 Å². The van der Waals surface area contributed by atoms with Crippen molar-refractivity contribution < 1.29 is 0 Å². The van der Waals surface area contributed by atoms with Crippen molar-refractivity contribution in [2.24, 2.45) is 0 Å². The first kappa shape index (κ1) is 13.9. The van der Waals surface area contributed by atoms with Gasteiger partial charge >= 0.3 is 0 Å². The summed E-state index contributed by atoms with van der Waals surface area (Å²) in [6.07, 6.45) is 4.02. The highest BCUT2D eigenvalue weighted by Gasteiger charge is 2.20. The van der Waals surface area contributed by atoms with E-state index < -0.39 is 0 Å². The molecule has 0 radical (unpaired) electrons. The van der Waals surface area contributed by atoms with Gasteiger partial charge in [-0.05, 0) is 52.5 Å². The maximum absolute atomic E-state index is 2.65. The summed E-state index contributed by atoms with van der Waals surface area (Å²) in [5.41, 5.74) is 0. The molecular weight excluding hydrogens is 172 g/mol. The Bertz CT molecular complexity index is 128. The molecule has 0 aromatic carbocycles. The van der Waals surface area contributed by atoms with Gasteiger partial charge in [-0.1, -0.05) is 21.3 Å². The standard InChI is InChI=1S/C11H24N2.CH4/c1-4-8-13(5-2)11-6-9-12(3)10-7-11;/h11H,4-10H2,1-3H3;1H4. The predicted octanol–water partition coefficient (Wildman–Crippen LogP) is 2.45. The van der Waals surface area contributed by atoms with Gasteiger partial charge in [0.2, 0.25) is 0 Å². The highest BCUT2D eigenvalue weighted by atomic mass is 15.2. The summed E-state index contributed by atoms with van der Waals surface area (Å²) in [7, 11) is 2.23. The first-order valence-electron chi connectivity index (χ1n) is 5.70. The number of likely N-dealkylation sites (tertiary alicyclic amines) is 1. The molecular formula is C12H28N2. The Morgan fingerprint density at radius 1 is 1.21 bits per heavy atom. The zero-order valence-electron chi connectivity index (χ0n) is 9.42. The van der Waals surface area contributed by atoms with Crippen LogP contribution < -0.4 is 0 Å². The molecule has 0 spiro atoms. The Balaban J connectivity index is 0.00000169. The highest BCUT2D eigenvalue weighted by molar-refractivity contribution is 4.77. The number of nitrogens with zero attached hydrogens (tertiary/aromatic N) is 2. The van der Waals surface area contributed by atoms with Crippen molar-refractivity contribution in [2.75, 3.05) is 33.2 Å². The Kier molecular flexibility index (Phi) is 7.20. The minimum atomic E-state index is 0. The average molecular weight is 200 g/mol. The topological polar surface area (TPSA) is 6.48 Å². The average Bonchev–Trinajstić information content (AvgIpc) is 2.16. The number of hydrogen-bond acceptors (Lipinski definition) is 2. The fraction of sp³-hybridized carbons (Fsp3) is 1.00. The first-order chi connectivity index (χ1) is 6.27. The van der Waals surface area contributed by atoms with Crippen LogP contribution in [-0.4, -0.2) is 49.1 Å². The molecule has 1 saturated heterocycles. The summed E-state index contributed by atoms with van der Waals surface area (Å²) in [5.74, 6) is 0. The molecule has 1 rings (SSSR count). The van der Waals surface area contributed by atoms with E-state index in [4.69, 9.17) is 0 Å². The van der Waals surface area contributed by atoms with E-state index in [1.807, 2.05) is 0 Å². The van der Waals surface area contributed by atoms with Crippen molar-refractivity contribution in [2.45, 2.75) is 46.6 Å². The number of piperidine rings is 1. The summed E-state index contributed by atoms with van der Waals surface area (Å²) >= 11 is 0. The SMILES string of the molecule is C.CCCN(CC)C1CCN(C)CC1. The number of rotatable bonds is 4. The monoisotopic (exact) mass is 200 g/mol. The Morgan fingerprint density at radius 3 is 2.21 bits per heavy atom. The molecule has 2 nitrogen and oxygen atoms in total. The maximum Gasteiger partial charge on any atom is 0.0119 e. The van der Waals surface area contributed by atoms with E-state index in [0.717, 1.165) is 6.04 Å². The summed E-state index contributed by atoms with van der Waals surface area (Å²) in [5, 5.41) is 0. The van der Waals surface area contributed by atoms with E-state index in [1.165, 1.54) is 45.4 Å². The molecule has 0 atom stereocenters. The smallest absolute Gasteiger partial charge is 0.0119 e. The fourth-order valence-electron chi connectivity index (χ4n) is 2.25. The Hall–Kier alpha value is -0.0800. The van der Waals surface area contributed by atoms with E-state index in [9.17, 15) is 0 Å². The molecule has 0 aromatic heterocycles. The molecule has 0 N–H and O–H groups in total. The van der Waals surface area contributed by atoms with Gasteiger partial charge < -0.3 is 9.80 Å². The van der Waals surface area contributed by atoms with Gasteiger partial charge in [0.15, 0.2) is 0 Å². The highest BCUT2D eigenvalue weighted by Crippen LogP contribution is 2.15. The van der Waals surface area contributed by atoms with E-state index in [0.29, 0.717) is 0 Å². The Labute approximate surface area is 90.3 Å². The lowest BCUT2D eigenvalue weighted by Gasteiger charge is -2.36. The normalized spacial score (nSPS) is 19.7. The van der Waals surface area contributed by atoms with E-state index >= 15 is 0 Å². The van der Waals surface area contributed by atoms with Gasteiger partial charge in [0.05, 0.1) is 0 Å². The maximum atomic E-state index is 2.65. The second-order valence-electron chi connectivity index (χ2n) is 4.16. The molecule has 0 saturated carbocycles. The van der Waals surface area contributed by atoms with E-state index in [1.54, 1.807) is 0 Å². The van der Waals surface area contributed by atoms with Crippen LogP contribution in [0.3, 0.4) is 0 Å². The molecule has 2 heteroatoms. The second kappa shape index (κ2) is 7.24. The van der Waals surface area contributed by atoms with Crippen LogP contribution in [0.5, 0.6) is 0 Å². The van der Waals surface area contributed by atoms with Crippen LogP contribution in [-0.2, 0) is 0 Å². The van der Waals surface area contributed by atoms with Crippen molar-refractivity contribution in [3.05, 3.63) is 0 Å². The van der Waals surface area contributed by atoms with Gasteiger partial charge in [-0.25, -0.2) is 0 Å². The zero-order chi connectivity index (χ0) is 9.68. The van der Waals surface area contributed by atoms with Crippen molar-refractivity contribution in [3.8, 4) is 0 Å². The van der Waals surface area contributed by atoms with Gasteiger partial charge in [-0.2, -0.15) is 0 Å². The van der Waals surface area contributed by atoms with Crippen LogP contribution >= 0.6 is 0 Å². The second-order valence-corrected chi connectivity index (χ2v) is 4.16. The molecule has 1 fully saturated rings. The van der Waals surface area contributed by atoms with Crippen LogP contribution in [0.25, 0.3) is 0 Å². The third-order valence-corrected chi connectivity index (χ3v) is 3.12. The molecule has 0 bridgehead atoms. The molecule has 1 aliphatic rings. The van der Waals surface area contributed by atoms with Crippen molar-refractivity contribution in [1.29, 1.82) is 0 Å². The largest absolute Gasteiger partial charge is 0.306 e. The van der Waals surface area contributed by atoms with Gasteiger partial charge in [-0.3, -0.25) is 0 Å². The minimum Gasteiger partial charge on any atom is -0.306 e. The van der Waals surface area contributed by atoms with Crippen LogP contribution in [0.2, 0.25) is 0 Å². The summed E-state index contributed by atoms with van der Waals surface area (Å²) < 4.78 is 0. The molecule has 0 unspecified atom stereocenters. The van der Waals surface area contributed by atoms with Gasteiger partial charge in [0, 0.05) is 6.04 Å². The Morgan fingerprint density at radius 2 is 1.79 bits per heavy atom. The third kappa shape index (κ3) is 3.97. The summed E-state index contributed by atoms with van der Waals surface area (Å²) in [6.45, 7) is 9.63. The lowest BCUT2D eigenvalue weighted by atomic mass is 10.0. The minimum absolute atomic E-state index is 0. The van der Waals surface area contributed by atoms with Crippen LogP contribution in [0.4, 0.5) is 0 Å². The lowest BCUT2D eigenvalue weighted by molar-refractivity contribution is 0.126. The fourth-order valence-corrected chi connectivity index (χ4v) is 2.25. The molecule has 86 valence electrons. The molecule has 1 aliphatic heterocycles. The molecule has 0 amide bonds. The quantitative estimate of drug-likeness (QED) is 0.688. The van der Waals surface area contributed by atoms with Crippen LogP contribution in [0, 0.1) is 0 Å². The predicted molar refractivity (Wildman–Crippen MR) is 64.8 cm³/mol. The lowest BCUT2D eigenvalue weighted by Crippen LogP contribution is -2.43.